The number of aryl methyl sites for hydroxylation is 4. The highest BCUT2D eigenvalue weighted by atomic mass is 16.1. The van der Waals surface area contributed by atoms with Gasteiger partial charge in [0.25, 0.3) is 5.91 Å². The highest BCUT2D eigenvalue weighted by Crippen LogP contribution is 2.21. The Morgan fingerprint density at radius 3 is 2.31 bits per heavy atom. The molecule has 0 aliphatic heterocycles. The van der Waals surface area contributed by atoms with Crippen molar-refractivity contribution in [3.8, 4) is 0 Å². The van der Waals surface area contributed by atoms with E-state index in [0.29, 0.717) is 11.3 Å². The summed E-state index contributed by atoms with van der Waals surface area (Å²) in [4.78, 5) is 16.8. The average molecular weight is 345 g/mol. The zero-order valence-corrected chi connectivity index (χ0v) is 15.6. The quantitative estimate of drug-likeness (QED) is 0.673. The molecule has 132 valence electrons. The first-order valence-electron chi connectivity index (χ1n) is 8.61. The van der Waals surface area contributed by atoms with Crippen molar-refractivity contribution in [1.29, 1.82) is 0 Å². The molecule has 0 saturated carbocycles. The number of carbonyl (C=O) groups is 1. The van der Waals surface area contributed by atoms with E-state index in [0.717, 1.165) is 17.1 Å². The third-order valence-corrected chi connectivity index (χ3v) is 4.44. The molecule has 0 fully saturated rings. The Bertz CT molecular complexity index is 946. The topological polar surface area (TPSA) is 54.0 Å². The van der Waals surface area contributed by atoms with Crippen LogP contribution in [0.3, 0.4) is 0 Å². The van der Waals surface area contributed by atoms with Crippen LogP contribution in [0.1, 0.15) is 32.6 Å². The van der Waals surface area contributed by atoms with E-state index in [1.54, 1.807) is 6.20 Å². The number of nitrogens with one attached hydrogen (secondary N) is 2. The van der Waals surface area contributed by atoms with E-state index in [-0.39, 0.29) is 5.91 Å². The van der Waals surface area contributed by atoms with Gasteiger partial charge in [-0.25, -0.2) is 4.98 Å². The van der Waals surface area contributed by atoms with Gasteiger partial charge in [0.2, 0.25) is 0 Å². The summed E-state index contributed by atoms with van der Waals surface area (Å²) in [6, 6.07) is 15.6. The van der Waals surface area contributed by atoms with Gasteiger partial charge >= 0.3 is 0 Å². The van der Waals surface area contributed by atoms with Crippen LogP contribution in [-0.4, -0.2) is 10.9 Å². The lowest BCUT2D eigenvalue weighted by atomic mass is 10.1. The van der Waals surface area contributed by atoms with E-state index >= 15 is 0 Å². The SMILES string of the molecule is Cc1ccc(Nc2ccc(NC(=O)c3ccc(C)c(C)c3)cn2)c(C)c1. The smallest absolute Gasteiger partial charge is 0.255 e. The van der Waals surface area contributed by atoms with E-state index < -0.39 is 0 Å². The molecule has 0 bridgehead atoms. The number of anilines is 3. The molecular formula is C22H23N3O. The molecule has 3 rings (SSSR count). The zero-order valence-electron chi connectivity index (χ0n) is 15.6. The summed E-state index contributed by atoms with van der Waals surface area (Å²) in [5, 5.41) is 6.19. The largest absolute Gasteiger partial charge is 0.340 e. The maximum Gasteiger partial charge on any atom is 0.255 e. The number of amides is 1. The first kappa shape index (κ1) is 17.7. The molecule has 0 atom stereocenters. The highest BCUT2D eigenvalue weighted by molar-refractivity contribution is 6.04. The predicted molar refractivity (Wildman–Crippen MR) is 107 cm³/mol. The molecule has 1 heterocycles. The molecule has 4 nitrogen and oxygen atoms in total. The number of benzene rings is 2. The van der Waals surface area contributed by atoms with Crippen molar-refractivity contribution >= 4 is 23.1 Å². The average Bonchev–Trinajstić information content (AvgIpc) is 2.61. The van der Waals surface area contributed by atoms with Gasteiger partial charge in [-0.15, -0.1) is 0 Å². The van der Waals surface area contributed by atoms with Crippen molar-refractivity contribution in [2.75, 3.05) is 10.6 Å². The van der Waals surface area contributed by atoms with Crippen molar-refractivity contribution < 1.29 is 4.79 Å². The second-order valence-corrected chi connectivity index (χ2v) is 6.63. The van der Waals surface area contributed by atoms with Crippen LogP contribution in [0.2, 0.25) is 0 Å². The minimum absolute atomic E-state index is 0.134. The molecule has 4 heteroatoms. The Morgan fingerprint density at radius 1 is 0.846 bits per heavy atom. The van der Waals surface area contributed by atoms with Gasteiger partial charge in [-0.2, -0.15) is 0 Å². The van der Waals surface area contributed by atoms with Crippen molar-refractivity contribution in [3.05, 3.63) is 82.5 Å². The molecule has 1 amide bonds. The molecule has 0 aliphatic rings. The van der Waals surface area contributed by atoms with Gasteiger partial charge in [0, 0.05) is 11.3 Å². The number of rotatable bonds is 4. The number of hydrogen-bond acceptors (Lipinski definition) is 3. The van der Waals surface area contributed by atoms with Gasteiger partial charge in [0.15, 0.2) is 0 Å². The van der Waals surface area contributed by atoms with Crippen LogP contribution in [0, 0.1) is 27.7 Å². The summed E-state index contributed by atoms with van der Waals surface area (Å²) in [7, 11) is 0. The summed E-state index contributed by atoms with van der Waals surface area (Å²) < 4.78 is 0. The molecule has 0 aliphatic carbocycles. The lowest BCUT2D eigenvalue weighted by Gasteiger charge is -2.11. The van der Waals surface area contributed by atoms with Crippen LogP contribution >= 0.6 is 0 Å². The van der Waals surface area contributed by atoms with Gasteiger partial charge in [0.1, 0.15) is 5.82 Å². The molecule has 26 heavy (non-hydrogen) atoms. The molecule has 0 saturated heterocycles. The van der Waals surface area contributed by atoms with Crippen LogP contribution in [0.5, 0.6) is 0 Å². The second kappa shape index (κ2) is 7.40. The van der Waals surface area contributed by atoms with E-state index in [9.17, 15) is 4.79 Å². The summed E-state index contributed by atoms with van der Waals surface area (Å²) in [5.41, 5.74) is 7.00. The lowest BCUT2D eigenvalue weighted by Crippen LogP contribution is -2.12. The maximum atomic E-state index is 12.4. The third-order valence-electron chi connectivity index (χ3n) is 4.44. The monoisotopic (exact) mass is 345 g/mol. The van der Waals surface area contributed by atoms with Crippen LogP contribution in [0.25, 0.3) is 0 Å². The summed E-state index contributed by atoms with van der Waals surface area (Å²) >= 11 is 0. The molecule has 0 unspecified atom stereocenters. The summed E-state index contributed by atoms with van der Waals surface area (Å²) in [5.74, 6) is 0.603. The number of hydrogen-bond donors (Lipinski definition) is 2. The van der Waals surface area contributed by atoms with E-state index in [4.69, 9.17) is 0 Å². The van der Waals surface area contributed by atoms with Gasteiger partial charge in [-0.3, -0.25) is 4.79 Å². The van der Waals surface area contributed by atoms with E-state index in [1.807, 2.05) is 50.2 Å². The van der Waals surface area contributed by atoms with Crippen molar-refractivity contribution in [2.24, 2.45) is 0 Å². The Hall–Kier alpha value is -3.14. The van der Waals surface area contributed by atoms with Crippen LogP contribution in [0.4, 0.5) is 17.2 Å². The highest BCUT2D eigenvalue weighted by Gasteiger charge is 2.08. The van der Waals surface area contributed by atoms with Crippen molar-refractivity contribution in [2.45, 2.75) is 27.7 Å². The van der Waals surface area contributed by atoms with Gasteiger partial charge in [0.05, 0.1) is 11.9 Å². The Kier molecular flexibility index (Phi) is 5.03. The van der Waals surface area contributed by atoms with Crippen molar-refractivity contribution in [3.63, 3.8) is 0 Å². The molecule has 0 spiro atoms. The van der Waals surface area contributed by atoms with Gasteiger partial charge in [-0.05, 0) is 74.7 Å². The first-order chi connectivity index (χ1) is 12.4. The van der Waals surface area contributed by atoms with Gasteiger partial charge in [-0.1, -0.05) is 23.8 Å². The number of nitrogens with zero attached hydrogens (tertiary/aromatic N) is 1. The molecule has 2 aromatic carbocycles. The lowest BCUT2D eigenvalue weighted by molar-refractivity contribution is 0.102. The minimum atomic E-state index is -0.134. The number of pyridine rings is 1. The minimum Gasteiger partial charge on any atom is -0.340 e. The second-order valence-electron chi connectivity index (χ2n) is 6.63. The van der Waals surface area contributed by atoms with Crippen LogP contribution in [-0.2, 0) is 0 Å². The maximum absolute atomic E-state index is 12.4. The molecule has 3 aromatic rings. The molecular weight excluding hydrogens is 322 g/mol. The standard InChI is InChI=1S/C22H23N3O/c1-14-5-9-20(17(4)11-14)25-21-10-8-19(13-23-21)24-22(26)18-7-6-15(2)16(3)12-18/h5-13H,1-4H3,(H,23,25)(H,24,26). The molecule has 0 radical (unpaired) electrons. The third kappa shape index (κ3) is 4.09. The fourth-order valence-corrected chi connectivity index (χ4v) is 2.72. The molecule has 2 N–H and O–H groups in total. The fraction of sp³-hybridized carbons (Fsp3) is 0.182. The van der Waals surface area contributed by atoms with Crippen LogP contribution < -0.4 is 10.6 Å². The summed E-state index contributed by atoms with van der Waals surface area (Å²) in [6.07, 6.45) is 1.66. The van der Waals surface area contributed by atoms with E-state index in [1.165, 1.54) is 16.7 Å². The summed E-state index contributed by atoms with van der Waals surface area (Å²) in [6.45, 7) is 8.17. The van der Waals surface area contributed by atoms with Crippen LogP contribution in [0.15, 0.2) is 54.7 Å². The Balaban J connectivity index is 1.69. The van der Waals surface area contributed by atoms with Gasteiger partial charge < -0.3 is 10.6 Å². The molecule has 1 aromatic heterocycles. The predicted octanol–water partition coefficient (Wildman–Crippen LogP) is 5.31. The zero-order chi connectivity index (χ0) is 18.7. The Morgan fingerprint density at radius 2 is 1.65 bits per heavy atom. The first-order valence-corrected chi connectivity index (χ1v) is 8.61. The number of aromatic nitrogens is 1. The van der Waals surface area contributed by atoms with Crippen molar-refractivity contribution in [1.82, 2.24) is 4.98 Å². The number of carbonyl (C=O) groups excluding carboxylic acids is 1. The normalized spacial score (nSPS) is 10.5. The fourth-order valence-electron chi connectivity index (χ4n) is 2.72. The Labute approximate surface area is 154 Å². The van der Waals surface area contributed by atoms with E-state index in [2.05, 4.69) is 41.6 Å².